The molecule has 3 rings (SSSR count). The fourth-order valence-electron chi connectivity index (χ4n) is 2.19. The van der Waals surface area contributed by atoms with Gasteiger partial charge in [-0.2, -0.15) is 0 Å². The molecule has 0 spiro atoms. The Bertz CT molecular complexity index is 558. The van der Waals surface area contributed by atoms with Crippen LogP contribution in [0.2, 0.25) is 10.0 Å². The van der Waals surface area contributed by atoms with Crippen LogP contribution in [0.5, 0.6) is 0 Å². The van der Waals surface area contributed by atoms with Gasteiger partial charge in [0, 0.05) is 6.04 Å². The van der Waals surface area contributed by atoms with Gasteiger partial charge in [-0.3, -0.25) is 9.59 Å². The lowest BCUT2D eigenvalue weighted by atomic mass is 10.2. The Balaban J connectivity index is 1.84. The summed E-state index contributed by atoms with van der Waals surface area (Å²) in [5.74, 6) is -0.420. The van der Waals surface area contributed by atoms with E-state index in [0.717, 1.165) is 12.8 Å². The molecule has 2 fully saturated rings. The SMILES string of the molecule is O=C1CC(NC2CC2)C(=O)N1c1ccc(Cl)c(Cl)c1. The summed E-state index contributed by atoms with van der Waals surface area (Å²) in [5, 5.41) is 3.92. The van der Waals surface area contributed by atoms with Crippen LogP contribution in [0.25, 0.3) is 0 Å². The molecule has 1 aromatic carbocycles. The molecule has 0 aromatic heterocycles. The maximum atomic E-state index is 12.2. The minimum atomic E-state index is -0.408. The van der Waals surface area contributed by atoms with Crippen molar-refractivity contribution < 1.29 is 9.59 Å². The second-order valence-corrected chi connectivity index (χ2v) is 5.68. The van der Waals surface area contributed by atoms with Crippen molar-refractivity contribution in [3.05, 3.63) is 28.2 Å². The number of carbonyl (C=O) groups is 2. The zero-order valence-electron chi connectivity index (χ0n) is 10.0. The van der Waals surface area contributed by atoms with E-state index in [1.807, 2.05) is 0 Å². The van der Waals surface area contributed by atoms with Gasteiger partial charge in [-0.1, -0.05) is 23.2 Å². The van der Waals surface area contributed by atoms with Gasteiger partial charge in [0.1, 0.15) is 0 Å². The topological polar surface area (TPSA) is 49.4 Å². The lowest BCUT2D eigenvalue weighted by molar-refractivity contribution is -0.121. The van der Waals surface area contributed by atoms with Crippen molar-refractivity contribution in [2.45, 2.75) is 31.3 Å². The summed E-state index contributed by atoms with van der Waals surface area (Å²) in [4.78, 5) is 25.4. The Morgan fingerprint density at radius 2 is 1.89 bits per heavy atom. The number of amides is 2. The molecule has 100 valence electrons. The van der Waals surface area contributed by atoms with E-state index in [-0.39, 0.29) is 18.2 Å². The van der Waals surface area contributed by atoms with Gasteiger partial charge in [0.15, 0.2) is 0 Å². The second-order valence-electron chi connectivity index (χ2n) is 4.86. The highest BCUT2D eigenvalue weighted by molar-refractivity contribution is 6.42. The maximum Gasteiger partial charge on any atom is 0.251 e. The third-order valence-electron chi connectivity index (χ3n) is 3.32. The van der Waals surface area contributed by atoms with Crippen molar-refractivity contribution in [1.29, 1.82) is 0 Å². The van der Waals surface area contributed by atoms with Gasteiger partial charge >= 0.3 is 0 Å². The fourth-order valence-corrected chi connectivity index (χ4v) is 2.48. The van der Waals surface area contributed by atoms with E-state index in [4.69, 9.17) is 23.2 Å². The standard InChI is InChI=1S/C13H12Cl2N2O2/c14-9-4-3-8(5-10(9)15)17-12(18)6-11(13(17)19)16-7-1-2-7/h3-5,7,11,16H,1-2,6H2. The minimum Gasteiger partial charge on any atom is -0.303 e. The molecule has 2 aliphatic rings. The normalized spacial score (nSPS) is 23.3. The molecule has 1 saturated carbocycles. The molecule has 1 atom stereocenters. The summed E-state index contributed by atoms with van der Waals surface area (Å²) in [7, 11) is 0. The first-order valence-electron chi connectivity index (χ1n) is 6.14. The van der Waals surface area contributed by atoms with Crippen molar-refractivity contribution in [1.82, 2.24) is 5.32 Å². The van der Waals surface area contributed by atoms with Gasteiger partial charge in [0.2, 0.25) is 5.91 Å². The van der Waals surface area contributed by atoms with Crippen LogP contribution < -0.4 is 10.2 Å². The summed E-state index contributed by atoms with van der Waals surface area (Å²) in [5.41, 5.74) is 0.476. The van der Waals surface area contributed by atoms with E-state index in [1.54, 1.807) is 18.2 Å². The fraction of sp³-hybridized carbons (Fsp3) is 0.385. The van der Waals surface area contributed by atoms with Crippen LogP contribution in [0, 0.1) is 0 Å². The molecule has 1 heterocycles. The molecule has 2 amide bonds. The Labute approximate surface area is 120 Å². The van der Waals surface area contributed by atoms with Crippen LogP contribution in [0.3, 0.4) is 0 Å². The van der Waals surface area contributed by atoms with Gasteiger partial charge in [0.25, 0.3) is 5.91 Å². The minimum absolute atomic E-state index is 0.204. The summed E-state index contributed by atoms with van der Waals surface area (Å²) in [6.45, 7) is 0. The predicted molar refractivity (Wildman–Crippen MR) is 73.5 cm³/mol. The molecule has 1 unspecified atom stereocenters. The van der Waals surface area contributed by atoms with Crippen molar-refractivity contribution in [2.24, 2.45) is 0 Å². The first-order chi connectivity index (χ1) is 9.06. The first kappa shape index (κ1) is 12.9. The average molecular weight is 299 g/mol. The summed E-state index contributed by atoms with van der Waals surface area (Å²) >= 11 is 11.8. The average Bonchev–Trinajstić information content (AvgIpc) is 3.12. The van der Waals surface area contributed by atoms with E-state index in [1.165, 1.54) is 4.90 Å². The van der Waals surface area contributed by atoms with E-state index < -0.39 is 6.04 Å². The monoisotopic (exact) mass is 298 g/mol. The molecule has 6 heteroatoms. The predicted octanol–water partition coefficient (Wildman–Crippen LogP) is 2.38. The molecule has 1 aliphatic carbocycles. The summed E-state index contributed by atoms with van der Waals surface area (Å²) < 4.78 is 0. The van der Waals surface area contributed by atoms with Gasteiger partial charge in [-0.15, -0.1) is 0 Å². The lowest BCUT2D eigenvalue weighted by Crippen LogP contribution is -2.39. The first-order valence-corrected chi connectivity index (χ1v) is 6.90. The quantitative estimate of drug-likeness (QED) is 0.872. The number of anilines is 1. The van der Waals surface area contributed by atoms with Gasteiger partial charge in [-0.05, 0) is 31.0 Å². The van der Waals surface area contributed by atoms with Crippen molar-refractivity contribution >= 4 is 40.7 Å². The van der Waals surface area contributed by atoms with Crippen LogP contribution in [-0.2, 0) is 9.59 Å². The van der Waals surface area contributed by atoms with Crippen LogP contribution in [0.4, 0.5) is 5.69 Å². The van der Waals surface area contributed by atoms with Gasteiger partial charge in [-0.25, -0.2) is 4.90 Å². The molecule has 4 nitrogen and oxygen atoms in total. The molecule has 0 radical (unpaired) electrons. The Morgan fingerprint density at radius 3 is 2.53 bits per heavy atom. The number of benzene rings is 1. The molecule has 19 heavy (non-hydrogen) atoms. The highest BCUT2D eigenvalue weighted by atomic mass is 35.5. The number of nitrogens with zero attached hydrogens (tertiary/aromatic N) is 1. The number of hydrogen-bond donors (Lipinski definition) is 1. The molecule has 1 saturated heterocycles. The van der Waals surface area contributed by atoms with Crippen LogP contribution in [0.15, 0.2) is 18.2 Å². The summed E-state index contributed by atoms with van der Waals surface area (Å²) in [6, 6.07) is 4.73. The third-order valence-corrected chi connectivity index (χ3v) is 4.06. The third kappa shape index (κ3) is 2.48. The number of hydrogen-bond acceptors (Lipinski definition) is 3. The van der Waals surface area contributed by atoms with E-state index in [9.17, 15) is 9.59 Å². The number of rotatable bonds is 3. The summed E-state index contributed by atoms with van der Waals surface area (Å²) in [6.07, 6.45) is 2.35. The lowest BCUT2D eigenvalue weighted by Gasteiger charge is -2.16. The Hall–Kier alpha value is -1.10. The zero-order valence-corrected chi connectivity index (χ0v) is 11.5. The number of halogens is 2. The van der Waals surface area contributed by atoms with E-state index in [0.29, 0.717) is 21.8 Å². The second kappa shape index (κ2) is 4.78. The molecule has 1 N–H and O–H groups in total. The number of imide groups is 1. The highest BCUT2D eigenvalue weighted by Gasteiger charge is 2.41. The van der Waals surface area contributed by atoms with Gasteiger partial charge in [0.05, 0.1) is 28.2 Å². The van der Waals surface area contributed by atoms with Crippen molar-refractivity contribution in [3.63, 3.8) is 0 Å². The van der Waals surface area contributed by atoms with Crippen LogP contribution >= 0.6 is 23.2 Å². The largest absolute Gasteiger partial charge is 0.303 e. The maximum absolute atomic E-state index is 12.2. The number of carbonyl (C=O) groups excluding carboxylic acids is 2. The van der Waals surface area contributed by atoms with E-state index >= 15 is 0 Å². The zero-order chi connectivity index (χ0) is 13.6. The van der Waals surface area contributed by atoms with Gasteiger partial charge < -0.3 is 5.32 Å². The van der Waals surface area contributed by atoms with Crippen molar-refractivity contribution in [2.75, 3.05) is 4.90 Å². The molecular formula is C13H12Cl2N2O2. The smallest absolute Gasteiger partial charge is 0.251 e. The van der Waals surface area contributed by atoms with Crippen LogP contribution in [0.1, 0.15) is 19.3 Å². The molecular weight excluding hydrogens is 287 g/mol. The molecule has 1 aliphatic heterocycles. The Morgan fingerprint density at radius 1 is 1.16 bits per heavy atom. The van der Waals surface area contributed by atoms with Crippen molar-refractivity contribution in [3.8, 4) is 0 Å². The Kier molecular flexibility index (Phi) is 3.25. The van der Waals surface area contributed by atoms with E-state index in [2.05, 4.69) is 5.32 Å². The molecule has 1 aromatic rings. The molecule has 0 bridgehead atoms. The van der Waals surface area contributed by atoms with Crippen LogP contribution in [-0.4, -0.2) is 23.9 Å². The highest BCUT2D eigenvalue weighted by Crippen LogP contribution is 2.31. The number of nitrogens with one attached hydrogen (secondary N) is 1.